The molecule has 1 amide bonds. The van der Waals surface area contributed by atoms with Gasteiger partial charge in [0.05, 0.1) is 19.4 Å². The molecule has 0 N–H and O–H groups in total. The molecular weight excluding hydrogens is 280 g/mol. The van der Waals surface area contributed by atoms with Crippen molar-refractivity contribution in [3.05, 3.63) is 35.4 Å². The molecule has 1 fully saturated rings. The van der Waals surface area contributed by atoms with Crippen LogP contribution in [0.2, 0.25) is 0 Å². The molecule has 0 spiro atoms. The van der Waals surface area contributed by atoms with Crippen LogP contribution in [0.25, 0.3) is 0 Å². The van der Waals surface area contributed by atoms with Crippen LogP contribution in [0, 0.1) is 11.3 Å². The number of ether oxygens (including phenoxy) is 1. The smallest absolute Gasteiger partial charge is 0.245 e. The molecule has 0 radical (unpaired) electrons. The zero-order valence-corrected chi connectivity index (χ0v) is 12.5. The first-order valence-electron chi connectivity index (χ1n) is 7.44. The third kappa shape index (κ3) is 2.10. The average Bonchev–Trinajstić information content (AvgIpc) is 2.60. The minimum Gasteiger partial charge on any atom is -0.379 e. The number of benzene rings is 1. The third-order valence-electron chi connectivity index (χ3n) is 4.12. The number of carbonyl (C=O) groups is 1. The van der Waals surface area contributed by atoms with Crippen LogP contribution in [0.5, 0.6) is 0 Å². The normalized spacial score (nSPS) is 24.6. The maximum Gasteiger partial charge on any atom is 0.245 e. The molecule has 2 aliphatic rings. The van der Waals surface area contributed by atoms with E-state index in [1.54, 1.807) is 13.1 Å². The molecule has 1 aromatic carbocycles. The highest BCUT2D eigenvalue weighted by Crippen LogP contribution is 2.37. The van der Waals surface area contributed by atoms with Crippen molar-refractivity contribution in [2.75, 3.05) is 26.3 Å². The molecule has 1 aromatic rings. The zero-order valence-electron chi connectivity index (χ0n) is 12.5. The van der Waals surface area contributed by atoms with E-state index in [1.165, 1.54) is 5.01 Å². The van der Waals surface area contributed by atoms with Crippen LogP contribution in [0.15, 0.2) is 29.4 Å². The molecule has 2 heterocycles. The Kier molecular flexibility index (Phi) is 3.92. The molecule has 6 nitrogen and oxygen atoms in total. The van der Waals surface area contributed by atoms with Crippen LogP contribution < -0.4 is 0 Å². The number of fused-ring (bicyclic) bond motifs is 1. The van der Waals surface area contributed by atoms with Gasteiger partial charge in [-0.05, 0) is 0 Å². The van der Waals surface area contributed by atoms with Crippen molar-refractivity contribution in [3.63, 3.8) is 0 Å². The summed E-state index contributed by atoms with van der Waals surface area (Å²) in [5.74, 6) is -0.168. The van der Waals surface area contributed by atoms with Crippen LogP contribution in [-0.4, -0.2) is 48.3 Å². The Hall–Kier alpha value is -2.23. The predicted octanol–water partition coefficient (Wildman–Crippen LogP) is 1.28. The molecule has 1 unspecified atom stereocenters. The molecule has 3 rings (SSSR count). The van der Waals surface area contributed by atoms with Crippen LogP contribution in [0.3, 0.4) is 0 Å². The second-order valence-electron chi connectivity index (χ2n) is 5.27. The van der Waals surface area contributed by atoms with Gasteiger partial charge < -0.3 is 4.74 Å². The number of nitriles is 1. The van der Waals surface area contributed by atoms with E-state index in [0.717, 1.165) is 11.1 Å². The highest BCUT2D eigenvalue weighted by Gasteiger charge is 2.50. The van der Waals surface area contributed by atoms with Crippen LogP contribution in [0.4, 0.5) is 0 Å². The molecule has 0 aliphatic carbocycles. The van der Waals surface area contributed by atoms with Gasteiger partial charge >= 0.3 is 0 Å². The van der Waals surface area contributed by atoms with Gasteiger partial charge in [-0.25, -0.2) is 0 Å². The summed E-state index contributed by atoms with van der Waals surface area (Å²) < 4.78 is 5.40. The van der Waals surface area contributed by atoms with E-state index in [9.17, 15) is 10.1 Å². The molecule has 6 heteroatoms. The minimum absolute atomic E-state index is 0.168. The number of carbonyl (C=O) groups excluding carboxylic acids is 1. The standard InChI is InChI=1S/C16H18N4O2/c1-2-15(21)20-16(12-17,19-7-9-22-10-8-19)14-6-4-3-5-13(14)11-18-20/h3-6,11H,2,7-10H2,1H3. The molecule has 22 heavy (non-hydrogen) atoms. The second-order valence-corrected chi connectivity index (χ2v) is 5.27. The fourth-order valence-corrected chi connectivity index (χ4v) is 3.01. The Balaban J connectivity index is 2.17. The van der Waals surface area contributed by atoms with E-state index in [-0.39, 0.29) is 5.91 Å². The molecule has 2 aliphatic heterocycles. The van der Waals surface area contributed by atoms with E-state index in [2.05, 4.69) is 11.2 Å². The van der Waals surface area contributed by atoms with E-state index in [1.807, 2.05) is 29.2 Å². The Labute approximate surface area is 129 Å². The maximum atomic E-state index is 12.4. The van der Waals surface area contributed by atoms with Crippen LogP contribution in [-0.2, 0) is 15.2 Å². The Morgan fingerprint density at radius 3 is 2.82 bits per heavy atom. The topological polar surface area (TPSA) is 68.9 Å². The van der Waals surface area contributed by atoms with E-state index >= 15 is 0 Å². The zero-order chi connectivity index (χ0) is 15.6. The molecule has 1 atom stereocenters. The first kappa shape index (κ1) is 14.7. The monoisotopic (exact) mass is 298 g/mol. The number of hydrogen-bond donors (Lipinski definition) is 0. The lowest BCUT2D eigenvalue weighted by Crippen LogP contribution is -2.61. The van der Waals surface area contributed by atoms with Crippen molar-refractivity contribution in [3.8, 4) is 6.07 Å². The summed E-state index contributed by atoms with van der Waals surface area (Å²) >= 11 is 0. The molecule has 0 aromatic heterocycles. The van der Waals surface area contributed by atoms with Gasteiger partial charge in [0.2, 0.25) is 11.6 Å². The SMILES string of the molecule is CCC(=O)N1N=Cc2ccccc2C1(C#N)N1CCOCC1. The maximum absolute atomic E-state index is 12.4. The predicted molar refractivity (Wildman–Crippen MR) is 80.9 cm³/mol. The van der Waals surface area contributed by atoms with Gasteiger partial charge in [0.25, 0.3) is 0 Å². The molecule has 0 saturated carbocycles. The summed E-state index contributed by atoms with van der Waals surface area (Å²) in [5, 5.41) is 15.7. The highest BCUT2D eigenvalue weighted by atomic mass is 16.5. The van der Waals surface area contributed by atoms with E-state index < -0.39 is 5.66 Å². The van der Waals surface area contributed by atoms with Gasteiger partial charge in [-0.1, -0.05) is 31.2 Å². The first-order valence-corrected chi connectivity index (χ1v) is 7.44. The number of morpholine rings is 1. The number of hydrogen-bond acceptors (Lipinski definition) is 5. The lowest BCUT2D eigenvalue weighted by atomic mass is 9.91. The molecule has 1 saturated heterocycles. The lowest BCUT2D eigenvalue weighted by molar-refractivity contribution is -0.148. The molecule has 0 bridgehead atoms. The fraction of sp³-hybridized carbons (Fsp3) is 0.438. The Morgan fingerprint density at radius 2 is 2.14 bits per heavy atom. The Morgan fingerprint density at radius 1 is 1.41 bits per heavy atom. The number of hydrazone groups is 1. The van der Waals surface area contributed by atoms with Gasteiger partial charge in [0.15, 0.2) is 0 Å². The first-order chi connectivity index (χ1) is 10.7. The van der Waals surface area contributed by atoms with E-state index in [0.29, 0.717) is 32.7 Å². The largest absolute Gasteiger partial charge is 0.379 e. The molecular formula is C16H18N4O2. The van der Waals surface area contributed by atoms with Gasteiger partial charge in [-0.2, -0.15) is 15.4 Å². The summed E-state index contributed by atoms with van der Waals surface area (Å²) in [5.41, 5.74) is 0.481. The Bertz CT molecular complexity index is 646. The van der Waals surface area contributed by atoms with Crippen molar-refractivity contribution in [2.45, 2.75) is 19.0 Å². The summed E-state index contributed by atoms with van der Waals surface area (Å²) in [7, 11) is 0. The average molecular weight is 298 g/mol. The van der Waals surface area contributed by atoms with Gasteiger partial charge in [0, 0.05) is 30.6 Å². The van der Waals surface area contributed by atoms with Crippen molar-refractivity contribution < 1.29 is 9.53 Å². The second kappa shape index (κ2) is 5.87. The van der Waals surface area contributed by atoms with Gasteiger partial charge in [-0.15, -0.1) is 0 Å². The van der Waals surface area contributed by atoms with Crippen molar-refractivity contribution in [2.24, 2.45) is 5.10 Å². The van der Waals surface area contributed by atoms with Crippen LogP contribution >= 0.6 is 0 Å². The number of amides is 1. The van der Waals surface area contributed by atoms with E-state index in [4.69, 9.17) is 4.74 Å². The minimum atomic E-state index is -1.19. The summed E-state index contributed by atoms with van der Waals surface area (Å²) in [6.45, 7) is 4.04. The number of nitrogens with zero attached hydrogens (tertiary/aromatic N) is 4. The lowest BCUT2D eigenvalue weighted by Gasteiger charge is -2.47. The summed E-state index contributed by atoms with van der Waals surface area (Å²) in [6, 6.07) is 9.98. The van der Waals surface area contributed by atoms with Crippen molar-refractivity contribution in [1.82, 2.24) is 9.91 Å². The van der Waals surface area contributed by atoms with Crippen LogP contribution in [0.1, 0.15) is 24.5 Å². The quantitative estimate of drug-likeness (QED) is 0.825. The van der Waals surface area contributed by atoms with Crippen molar-refractivity contribution in [1.29, 1.82) is 5.26 Å². The highest BCUT2D eigenvalue weighted by molar-refractivity contribution is 5.88. The van der Waals surface area contributed by atoms with Gasteiger partial charge in [0.1, 0.15) is 6.07 Å². The third-order valence-corrected chi connectivity index (χ3v) is 4.12. The van der Waals surface area contributed by atoms with Gasteiger partial charge in [-0.3, -0.25) is 9.69 Å². The summed E-state index contributed by atoms with van der Waals surface area (Å²) in [4.78, 5) is 14.4. The molecule has 114 valence electrons. The van der Waals surface area contributed by atoms with Crippen molar-refractivity contribution >= 4 is 12.1 Å². The number of rotatable bonds is 2. The summed E-state index contributed by atoms with van der Waals surface area (Å²) in [6.07, 6.45) is 1.95. The fourth-order valence-electron chi connectivity index (χ4n) is 3.01.